The van der Waals surface area contributed by atoms with Crippen LogP contribution >= 0.6 is 0 Å². The van der Waals surface area contributed by atoms with E-state index in [9.17, 15) is 8.42 Å². The highest BCUT2D eigenvalue weighted by Crippen LogP contribution is 2.23. The minimum atomic E-state index is -3.38. The van der Waals surface area contributed by atoms with Crippen molar-refractivity contribution in [1.29, 1.82) is 0 Å². The van der Waals surface area contributed by atoms with Crippen molar-refractivity contribution in [3.05, 3.63) is 46.8 Å². The molecule has 0 saturated carbocycles. The maximum absolute atomic E-state index is 12.5. The number of hydrogen-bond acceptors (Lipinski definition) is 4. The molecule has 21 heavy (non-hydrogen) atoms. The SMILES string of the molecule is CCc1onc(C)c1CS(=O)(=O)c1ccc(C(C)C)cc1. The van der Waals surface area contributed by atoms with E-state index in [0.29, 0.717) is 34.3 Å². The molecule has 0 N–H and O–H groups in total. The molecule has 0 bridgehead atoms. The summed E-state index contributed by atoms with van der Waals surface area (Å²) in [5.74, 6) is 0.968. The molecule has 1 aromatic carbocycles. The van der Waals surface area contributed by atoms with E-state index in [2.05, 4.69) is 19.0 Å². The summed E-state index contributed by atoms with van der Waals surface area (Å²) in [6, 6.07) is 7.11. The Hall–Kier alpha value is -1.62. The van der Waals surface area contributed by atoms with Gasteiger partial charge in [0.2, 0.25) is 0 Å². The number of benzene rings is 1. The Balaban J connectivity index is 2.32. The van der Waals surface area contributed by atoms with E-state index < -0.39 is 9.84 Å². The van der Waals surface area contributed by atoms with Gasteiger partial charge >= 0.3 is 0 Å². The van der Waals surface area contributed by atoms with Gasteiger partial charge in [-0.2, -0.15) is 0 Å². The van der Waals surface area contributed by atoms with Crippen molar-refractivity contribution in [2.24, 2.45) is 0 Å². The molecule has 0 atom stereocenters. The summed E-state index contributed by atoms with van der Waals surface area (Å²) in [4.78, 5) is 0.342. The van der Waals surface area contributed by atoms with Crippen molar-refractivity contribution < 1.29 is 12.9 Å². The maximum Gasteiger partial charge on any atom is 0.182 e. The van der Waals surface area contributed by atoms with Crippen LogP contribution in [0.5, 0.6) is 0 Å². The third kappa shape index (κ3) is 3.35. The number of aryl methyl sites for hydroxylation is 2. The van der Waals surface area contributed by atoms with Crippen molar-refractivity contribution in [2.45, 2.75) is 50.7 Å². The first kappa shape index (κ1) is 15.8. The van der Waals surface area contributed by atoms with Crippen LogP contribution in [0.15, 0.2) is 33.7 Å². The fourth-order valence-electron chi connectivity index (χ4n) is 2.23. The molecule has 0 unspecified atom stereocenters. The molecule has 0 fully saturated rings. The van der Waals surface area contributed by atoms with E-state index in [1.165, 1.54) is 0 Å². The molecule has 2 rings (SSSR count). The van der Waals surface area contributed by atoms with Crippen LogP contribution in [0.2, 0.25) is 0 Å². The minimum Gasteiger partial charge on any atom is -0.361 e. The van der Waals surface area contributed by atoms with Crippen LogP contribution in [0.4, 0.5) is 0 Å². The summed E-state index contributed by atoms with van der Waals surface area (Å²) < 4.78 is 30.2. The molecule has 0 spiro atoms. The van der Waals surface area contributed by atoms with Gasteiger partial charge in [-0.15, -0.1) is 0 Å². The van der Waals surface area contributed by atoms with Gasteiger partial charge in [0.15, 0.2) is 9.84 Å². The molecule has 0 amide bonds. The Kier molecular flexibility index (Phi) is 4.52. The number of rotatable bonds is 5. The summed E-state index contributed by atoms with van der Waals surface area (Å²) in [6.07, 6.45) is 0.637. The molecule has 0 radical (unpaired) electrons. The molecule has 1 aromatic heterocycles. The molecular weight excluding hydrogens is 286 g/mol. The summed E-state index contributed by atoms with van der Waals surface area (Å²) in [5.41, 5.74) is 2.46. The monoisotopic (exact) mass is 307 g/mol. The summed E-state index contributed by atoms with van der Waals surface area (Å²) in [5, 5.41) is 3.86. The molecule has 0 aliphatic heterocycles. The molecule has 4 nitrogen and oxygen atoms in total. The first-order valence-electron chi connectivity index (χ1n) is 7.12. The van der Waals surface area contributed by atoms with E-state index in [1.807, 2.05) is 19.1 Å². The highest BCUT2D eigenvalue weighted by atomic mass is 32.2. The highest BCUT2D eigenvalue weighted by molar-refractivity contribution is 7.90. The normalized spacial score (nSPS) is 12.0. The Morgan fingerprint density at radius 1 is 1.19 bits per heavy atom. The van der Waals surface area contributed by atoms with Crippen LogP contribution < -0.4 is 0 Å². The molecule has 0 aliphatic carbocycles. The molecule has 2 aromatic rings. The van der Waals surface area contributed by atoms with E-state index in [4.69, 9.17) is 4.52 Å². The van der Waals surface area contributed by atoms with E-state index in [0.717, 1.165) is 5.56 Å². The maximum atomic E-state index is 12.5. The number of nitrogens with zero attached hydrogens (tertiary/aromatic N) is 1. The van der Waals surface area contributed by atoms with Crippen LogP contribution in [0.25, 0.3) is 0 Å². The quantitative estimate of drug-likeness (QED) is 0.846. The lowest BCUT2D eigenvalue weighted by molar-refractivity contribution is 0.382. The fraction of sp³-hybridized carbons (Fsp3) is 0.438. The predicted octanol–water partition coefficient (Wildman–Crippen LogP) is 3.64. The lowest BCUT2D eigenvalue weighted by Crippen LogP contribution is -2.07. The third-order valence-corrected chi connectivity index (χ3v) is 5.29. The summed E-state index contributed by atoms with van der Waals surface area (Å²) in [6.45, 7) is 7.86. The Morgan fingerprint density at radius 2 is 1.81 bits per heavy atom. The molecule has 1 heterocycles. The van der Waals surface area contributed by atoms with Gasteiger partial charge in [0.1, 0.15) is 5.76 Å². The van der Waals surface area contributed by atoms with Gasteiger partial charge in [0.05, 0.1) is 16.3 Å². The number of sulfone groups is 1. The van der Waals surface area contributed by atoms with Gasteiger partial charge < -0.3 is 4.52 Å². The van der Waals surface area contributed by atoms with Crippen molar-refractivity contribution in [1.82, 2.24) is 5.16 Å². The van der Waals surface area contributed by atoms with Crippen molar-refractivity contribution in [3.63, 3.8) is 0 Å². The zero-order chi connectivity index (χ0) is 15.6. The second-order valence-electron chi connectivity index (χ2n) is 5.51. The Bertz CT molecular complexity index is 712. The average Bonchev–Trinajstić information content (AvgIpc) is 2.79. The number of aromatic nitrogens is 1. The van der Waals surface area contributed by atoms with Gasteiger partial charge in [0.25, 0.3) is 0 Å². The molecular formula is C16H21NO3S. The van der Waals surface area contributed by atoms with Gasteiger partial charge in [-0.25, -0.2) is 8.42 Å². The van der Waals surface area contributed by atoms with Crippen LogP contribution in [-0.2, 0) is 22.0 Å². The Labute approximate surface area is 126 Å². The van der Waals surface area contributed by atoms with E-state index in [-0.39, 0.29) is 5.75 Å². The highest BCUT2D eigenvalue weighted by Gasteiger charge is 2.21. The first-order valence-corrected chi connectivity index (χ1v) is 8.77. The molecule has 0 aliphatic rings. The zero-order valence-corrected chi connectivity index (χ0v) is 13.7. The van der Waals surface area contributed by atoms with Gasteiger partial charge in [-0.1, -0.05) is 38.1 Å². The predicted molar refractivity (Wildman–Crippen MR) is 82.0 cm³/mol. The van der Waals surface area contributed by atoms with Crippen LogP contribution in [-0.4, -0.2) is 13.6 Å². The minimum absolute atomic E-state index is 0.0630. The topological polar surface area (TPSA) is 60.2 Å². The zero-order valence-electron chi connectivity index (χ0n) is 12.9. The largest absolute Gasteiger partial charge is 0.361 e. The Morgan fingerprint density at radius 3 is 2.33 bits per heavy atom. The third-order valence-electron chi connectivity index (χ3n) is 3.63. The molecule has 5 heteroatoms. The fourth-order valence-corrected chi connectivity index (χ4v) is 3.70. The van der Waals surface area contributed by atoms with Crippen LogP contribution in [0.3, 0.4) is 0 Å². The standard InChI is InChI=1S/C16H21NO3S/c1-5-16-15(12(4)17-20-16)10-21(18,19)14-8-6-13(7-9-14)11(2)3/h6-9,11H,5,10H2,1-4H3. The van der Waals surface area contributed by atoms with Gasteiger partial charge in [-0.05, 0) is 30.5 Å². The van der Waals surface area contributed by atoms with E-state index >= 15 is 0 Å². The van der Waals surface area contributed by atoms with Crippen molar-refractivity contribution >= 4 is 9.84 Å². The molecule has 114 valence electrons. The van der Waals surface area contributed by atoms with Crippen molar-refractivity contribution in [3.8, 4) is 0 Å². The van der Waals surface area contributed by atoms with Crippen LogP contribution in [0.1, 0.15) is 49.3 Å². The summed E-state index contributed by atoms with van der Waals surface area (Å²) >= 11 is 0. The lowest BCUT2D eigenvalue weighted by atomic mass is 10.0. The first-order chi connectivity index (χ1) is 9.85. The van der Waals surface area contributed by atoms with Crippen LogP contribution in [0, 0.1) is 6.92 Å². The molecule has 0 saturated heterocycles. The van der Waals surface area contributed by atoms with E-state index in [1.54, 1.807) is 19.1 Å². The van der Waals surface area contributed by atoms with Gasteiger partial charge in [0, 0.05) is 12.0 Å². The lowest BCUT2D eigenvalue weighted by Gasteiger charge is -2.08. The van der Waals surface area contributed by atoms with Crippen molar-refractivity contribution in [2.75, 3.05) is 0 Å². The summed E-state index contributed by atoms with van der Waals surface area (Å²) in [7, 11) is -3.38. The number of hydrogen-bond donors (Lipinski definition) is 0. The average molecular weight is 307 g/mol. The second kappa shape index (κ2) is 6.02. The van der Waals surface area contributed by atoms with Gasteiger partial charge in [-0.3, -0.25) is 0 Å². The second-order valence-corrected chi connectivity index (χ2v) is 7.50. The smallest absolute Gasteiger partial charge is 0.182 e.